The van der Waals surface area contributed by atoms with Crippen molar-refractivity contribution in [3.8, 4) is 5.75 Å². The summed E-state index contributed by atoms with van der Waals surface area (Å²) in [7, 11) is 0. The molecule has 0 radical (unpaired) electrons. The quantitative estimate of drug-likeness (QED) is 0.688. The third kappa shape index (κ3) is 6.27. The van der Waals surface area contributed by atoms with Crippen LogP contribution >= 0.6 is 11.6 Å². The summed E-state index contributed by atoms with van der Waals surface area (Å²) in [4.78, 5) is 27.0. The first-order valence-electron chi connectivity index (χ1n) is 9.43. The molecular formula is C22H27ClN2O3. The molecule has 1 N–H and O–H groups in total. The normalized spacial score (nSPS) is 12.7. The Morgan fingerprint density at radius 1 is 1.07 bits per heavy atom. The van der Waals surface area contributed by atoms with Crippen molar-refractivity contribution in [3.05, 3.63) is 65.2 Å². The summed E-state index contributed by atoms with van der Waals surface area (Å²) in [6, 6.07) is 15.8. The molecule has 6 heteroatoms. The van der Waals surface area contributed by atoms with E-state index in [1.807, 2.05) is 50.2 Å². The summed E-state index contributed by atoms with van der Waals surface area (Å²) in [5, 5.41) is 3.49. The molecule has 0 saturated heterocycles. The van der Waals surface area contributed by atoms with Crippen LogP contribution < -0.4 is 10.1 Å². The van der Waals surface area contributed by atoms with Gasteiger partial charge in [0.25, 0.3) is 5.91 Å². The van der Waals surface area contributed by atoms with E-state index in [0.29, 0.717) is 10.8 Å². The molecule has 0 bridgehead atoms. The minimum atomic E-state index is -0.655. The number of nitrogens with one attached hydrogen (secondary N) is 1. The van der Waals surface area contributed by atoms with Crippen LogP contribution in [0.4, 0.5) is 0 Å². The van der Waals surface area contributed by atoms with Gasteiger partial charge in [-0.2, -0.15) is 0 Å². The number of halogens is 1. The fraction of sp³-hybridized carbons (Fsp3) is 0.364. The maximum atomic E-state index is 12.9. The molecule has 0 aliphatic heterocycles. The van der Waals surface area contributed by atoms with Crippen molar-refractivity contribution < 1.29 is 14.3 Å². The van der Waals surface area contributed by atoms with Crippen molar-refractivity contribution in [2.45, 2.75) is 45.8 Å². The van der Waals surface area contributed by atoms with Crippen molar-refractivity contribution >= 4 is 23.4 Å². The monoisotopic (exact) mass is 402 g/mol. The highest BCUT2D eigenvalue weighted by Crippen LogP contribution is 2.19. The van der Waals surface area contributed by atoms with Gasteiger partial charge in [0.2, 0.25) is 5.91 Å². The Bertz CT molecular complexity index is 782. The van der Waals surface area contributed by atoms with Crippen LogP contribution in [-0.4, -0.2) is 35.4 Å². The number of ether oxygens (including phenoxy) is 1. The van der Waals surface area contributed by atoms with Crippen LogP contribution in [-0.2, 0) is 16.1 Å². The van der Waals surface area contributed by atoms with Gasteiger partial charge < -0.3 is 15.0 Å². The molecular weight excluding hydrogens is 376 g/mol. The molecule has 2 aromatic carbocycles. The number of hydrogen-bond donors (Lipinski definition) is 1. The summed E-state index contributed by atoms with van der Waals surface area (Å²) >= 11 is 6.27. The average molecular weight is 403 g/mol. The van der Waals surface area contributed by atoms with Crippen molar-refractivity contribution in [3.63, 3.8) is 0 Å². The van der Waals surface area contributed by atoms with Gasteiger partial charge in [0.1, 0.15) is 11.8 Å². The smallest absolute Gasteiger partial charge is 0.261 e. The van der Waals surface area contributed by atoms with Crippen LogP contribution in [0.3, 0.4) is 0 Å². The summed E-state index contributed by atoms with van der Waals surface area (Å²) in [5.41, 5.74) is 0.778. The van der Waals surface area contributed by atoms with Crippen molar-refractivity contribution in [2.24, 2.45) is 0 Å². The Hall–Kier alpha value is -2.53. The van der Waals surface area contributed by atoms with Crippen molar-refractivity contribution in [1.82, 2.24) is 10.2 Å². The first-order valence-corrected chi connectivity index (χ1v) is 9.81. The summed E-state index contributed by atoms with van der Waals surface area (Å²) < 4.78 is 5.59. The van der Waals surface area contributed by atoms with E-state index in [1.165, 1.54) is 4.90 Å². The molecule has 2 atom stereocenters. The van der Waals surface area contributed by atoms with E-state index in [0.717, 1.165) is 12.0 Å². The van der Waals surface area contributed by atoms with Crippen LogP contribution in [0.25, 0.3) is 0 Å². The molecule has 150 valence electrons. The van der Waals surface area contributed by atoms with Crippen LogP contribution in [0.15, 0.2) is 54.6 Å². The van der Waals surface area contributed by atoms with E-state index in [1.54, 1.807) is 25.1 Å². The number of carbonyl (C=O) groups excluding carboxylic acids is 2. The predicted molar refractivity (Wildman–Crippen MR) is 111 cm³/mol. The standard InChI is InChI=1S/C22H27ClN2O3/c1-4-16(2)24-22(27)17(3)25(14-18-10-8-9-13-20(18)23)21(26)15-28-19-11-6-5-7-12-19/h5-13,16-17H,4,14-15H2,1-3H3,(H,24,27)/t16-,17-/m0/s1. The molecule has 28 heavy (non-hydrogen) atoms. The maximum absolute atomic E-state index is 12.9. The molecule has 0 aliphatic rings. The van der Waals surface area contributed by atoms with Gasteiger partial charge in [-0.1, -0.05) is 54.9 Å². The number of nitrogens with zero attached hydrogens (tertiary/aromatic N) is 1. The number of benzene rings is 2. The molecule has 0 fully saturated rings. The molecule has 0 saturated carbocycles. The highest BCUT2D eigenvalue weighted by atomic mass is 35.5. The number of hydrogen-bond acceptors (Lipinski definition) is 3. The molecule has 5 nitrogen and oxygen atoms in total. The molecule has 0 aromatic heterocycles. The predicted octanol–water partition coefficient (Wildman–Crippen LogP) is 4.05. The third-order valence-electron chi connectivity index (χ3n) is 4.57. The highest BCUT2D eigenvalue weighted by Gasteiger charge is 2.27. The summed E-state index contributed by atoms with van der Waals surface area (Å²) in [6.45, 7) is 5.72. The number of carbonyl (C=O) groups is 2. The zero-order valence-electron chi connectivity index (χ0n) is 16.5. The summed E-state index contributed by atoms with van der Waals surface area (Å²) in [5.74, 6) is 0.121. The van der Waals surface area contributed by atoms with Gasteiger partial charge in [0.05, 0.1) is 0 Å². The van der Waals surface area contributed by atoms with Crippen molar-refractivity contribution in [2.75, 3.05) is 6.61 Å². The summed E-state index contributed by atoms with van der Waals surface area (Å²) in [6.07, 6.45) is 0.814. The van der Waals surface area contributed by atoms with Gasteiger partial charge >= 0.3 is 0 Å². The van der Waals surface area contributed by atoms with E-state index < -0.39 is 6.04 Å². The maximum Gasteiger partial charge on any atom is 0.261 e. The fourth-order valence-electron chi connectivity index (χ4n) is 2.60. The van der Waals surface area contributed by atoms with Gasteiger partial charge in [-0.25, -0.2) is 0 Å². The third-order valence-corrected chi connectivity index (χ3v) is 4.94. The largest absolute Gasteiger partial charge is 0.484 e. The van der Waals surface area contributed by atoms with Crippen LogP contribution in [0, 0.1) is 0 Å². The zero-order chi connectivity index (χ0) is 20.5. The molecule has 2 rings (SSSR count). The molecule has 2 aromatic rings. The first-order chi connectivity index (χ1) is 13.4. The minimum absolute atomic E-state index is 0.0350. The Labute approximate surface area is 171 Å². The number of rotatable bonds is 9. The van der Waals surface area contributed by atoms with E-state index in [-0.39, 0.29) is 31.0 Å². The average Bonchev–Trinajstić information content (AvgIpc) is 2.71. The van der Waals surface area contributed by atoms with Gasteiger partial charge in [0.15, 0.2) is 6.61 Å². The van der Waals surface area contributed by atoms with Gasteiger partial charge in [-0.15, -0.1) is 0 Å². The van der Waals surface area contributed by atoms with E-state index in [4.69, 9.17) is 16.3 Å². The van der Waals surface area contributed by atoms with E-state index in [2.05, 4.69) is 5.32 Å². The first kappa shape index (κ1) is 21.8. The van der Waals surface area contributed by atoms with Gasteiger partial charge in [-0.05, 0) is 44.0 Å². The Morgan fingerprint density at radius 2 is 1.71 bits per heavy atom. The Morgan fingerprint density at radius 3 is 2.36 bits per heavy atom. The lowest BCUT2D eigenvalue weighted by Gasteiger charge is -2.29. The highest BCUT2D eigenvalue weighted by molar-refractivity contribution is 6.31. The SMILES string of the molecule is CC[C@H](C)NC(=O)[C@H](C)N(Cc1ccccc1Cl)C(=O)COc1ccccc1. The molecule has 0 heterocycles. The Kier molecular flexibility index (Phi) is 8.33. The second-order valence-corrected chi connectivity index (χ2v) is 7.12. The molecule has 0 spiro atoms. The van der Waals surface area contributed by atoms with Gasteiger partial charge in [0, 0.05) is 17.6 Å². The zero-order valence-corrected chi connectivity index (χ0v) is 17.3. The van der Waals surface area contributed by atoms with E-state index >= 15 is 0 Å². The number of amides is 2. The molecule has 0 aliphatic carbocycles. The lowest BCUT2D eigenvalue weighted by atomic mass is 10.1. The van der Waals surface area contributed by atoms with Gasteiger partial charge in [-0.3, -0.25) is 9.59 Å². The minimum Gasteiger partial charge on any atom is -0.484 e. The fourth-order valence-corrected chi connectivity index (χ4v) is 2.80. The second kappa shape index (κ2) is 10.7. The number of para-hydroxylation sites is 1. The second-order valence-electron chi connectivity index (χ2n) is 6.71. The van der Waals surface area contributed by atoms with E-state index in [9.17, 15) is 9.59 Å². The topological polar surface area (TPSA) is 58.6 Å². The van der Waals surface area contributed by atoms with Crippen LogP contribution in [0.2, 0.25) is 5.02 Å². The van der Waals surface area contributed by atoms with Crippen molar-refractivity contribution in [1.29, 1.82) is 0 Å². The lowest BCUT2D eigenvalue weighted by molar-refractivity contribution is -0.142. The lowest BCUT2D eigenvalue weighted by Crippen LogP contribution is -2.50. The Balaban J connectivity index is 2.15. The molecule has 0 unspecified atom stereocenters. The molecule has 2 amide bonds. The van der Waals surface area contributed by atoms with Crippen LogP contribution in [0.1, 0.15) is 32.8 Å². The van der Waals surface area contributed by atoms with Crippen LogP contribution in [0.5, 0.6) is 5.75 Å².